The fraction of sp³-hybridized carbons (Fsp3) is 0.818. The summed E-state index contributed by atoms with van der Waals surface area (Å²) in [6.07, 6.45) is 14.1. The molecule has 1 saturated heterocycles. The van der Waals surface area contributed by atoms with E-state index in [9.17, 15) is 24.3 Å². The number of amides is 3. The first-order valence-electron chi connectivity index (χ1n) is 16.8. The predicted octanol–water partition coefficient (Wildman–Crippen LogP) is 3.43. The molecule has 7 rings (SSSR count). The molecule has 2 heterocycles. The van der Waals surface area contributed by atoms with Crippen LogP contribution in [0.2, 0.25) is 0 Å². The van der Waals surface area contributed by atoms with E-state index in [2.05, 4.69) is 32.8 Å². The molecule has 6 unspecified atom stereocenters. The first kappa shape index (κ1) is 31.1. The molecule has 2 bridgehead atoms. The molecule has 5 aliphatic carbocycles. The van der Waals surface area contributed by atoms with Crippen LogP contribution in [0.25, 0.3) is 0 Å². The molecule has 43 heavy (non-hydrogen) atoms. The van der Waals surface area contributed by atoms with Crippen molar-refractivity contribution in [2.75, 3.05) is 20.1 Å². The Morgan fingerprint density at radius 1 is 1.12 bits per heavy atom. The minimum absolute atomic E-state index is 0.00857. The van der Waals surface area contributed by atoms with Crippen molar-refractivity contribution in [3.63, 3.8) is 0 Å². The van der Waals surface area contributed by atoms with Crippen molar-refractivity contribution >= 4 is 39.4 Å². The number of carbonyl (C=O) groups is 4. The standard InChI is InChI=1S/C33H49BrN4O5/c1-37(18-21-6-2-4-8-25(21)34)31(42)27(15-22-17-35-26-9-5-3-7-24(22)26)36-30(41)28-16-23(39)19-38(28)32(43)33-12-10-20(11-13-33)14-29(33)40/h17,20-21,23-28,35,39H,2-16,18-19H2,1H3,(H,36,41)/t20?,21?,23-,24?,25?,26?,27?,28?,33?/m1/s1. The van der Waals surface area contributed by atoms with E-state index >= 15 is 0 Å². The first-order chi connectivity index (χ1) is 20.7. The van der Waals surface area contributed by atoms with Crippen LogP contribution < -0.4 is 10.6 Å². The molecule has 7 aliphatic rings. The molecule has 10 heteroatoms. The summed E-state index contributed by atoms with van der Waals surface area (Å²) in [7, 11) is 1.83. The number of hydrogen-bond donors (Lipinski definition) is 3. The summed E-state index contributed by atoms with van der Waals surface area (Å²) in [4.78, 5) is 58.8. The monoisotopic (exact) mass is 660 g/mol. The molecular weight excluding hydrogens is 612 g/mol. The van der Waals surface area contributed by atoms with Gasteiger partial charge in [0, 0.05) is 49.8 Å². The average molecular weight is 662 g/mol. The highest BCUT2D eigenvalue weighted by molar-refractivity contribution is 9.09. The third-order valence-electron chi connectivity index (χ3n) is 11.7. The summed E-state index contributed by atoms with van der Waals surface area (Å²) in [5, 5.41) is 17.2. The Hall–Kier alpha value is -1.94. The van der Waals surface area contributed by atoms with Gasteiger partial charge in [0.25, 0.3) is 0 Å². The minimum atomic E-state index is -1.06. The van der Waals surface area contributed by atoms with E-state index in [1.165, 1.54) is 23.3 Å². The summed E-state index contributed by atoms with van der Waals surface area (Å²) >= 11 is 3.83. The van der Waals surface area contributed by atoms with Gasteiger partial charge in [-0.25, -0.2) is 0 Å². The fourth-order valence-corrected chi connectivity index (χ4v) is 9.85. The van der Waals surface area contributed by atoms with Crippen LogP contribution >= 0.6 is 15.9 Å². The van der Waals surface area contributed by atoms with Crippen molar-refractivity contribution in [2.24, 2.45) is 23.2 Å². The van der Waals surface area contributed by atoms with Gasteiger partial charge in [0.05, 0.1) is 6.10 Å². The van der Waals surface area contributed by atoms with Crippen LogP contribution in [0, 0.1) is 23.2 Å². The second-order valence-corrected chi connectivity index (χ2v) is 15.6. The highest BCUT2D eigenvalue weighted by Gasteiger charge is 2.56. The molecule has 0 aromatic heterocycles. The normalized spacial score (nSPS) is 37.7. The highest BCUT2D eigenvalue weighted by atomic mass is 79.9. The van der Waals surface area contributed by atoms with Gasteiger partial charge in [0.2, 0.25) is 17.7 Å². The van der Waals surface area contributed by atoms with Gasteiger partial charge < -0.3 is 25.5 Å². The van der Waals surface area contributed by atoms with E-state index in [1.54, 1.807) is 4.90 Å². The van der Waals surface area contributed by atoms with Crippen molar-refractivity contribution in [1.82, 2.24) is 20.4 Å². The van der Waals surface area contributed by atoms with Gasteiger partial charge in [0.15, 0.2) is 0 Å². The Bertz CT molecular complexity index is 1140. The highest BCUT2D eigenvalue weighted by Crippen LogP contribution is 2.49. The quantitative estimate of drug-likeness (QED) is 0.271. The molecule has 3 amide bonds. The summed E-state index contributed by atoms with van der Waals surface area (Å²) in [5.74, 6) is 0.267. The lowest BCUT2D eigenvalue weighted by molar-refractivity contribution is -0.160. The zero-order valence-electron chi connectivity index (χ0n) is 25.6. The number of β-amino-alcohol motifs (C(OH)–C–C–N with tert-alkyl or cyclic N) is 1. The molecule has 0 radical (unpaired) electrons. The third-order valence-corrected chi connectivity index (χ3v) is 12.9. The third kappa shape index (κ3) is 6.16. The second-order valence-electron chi connectivity index (χ2n) is 14.4. The number of aliphatic hydroxyl groups excluding tert-OH is 1. The molecule has 7 atom stereocenters. The number of likely N-dealkylation sites (N-methyl/N-ethyl adjacent to an activating group) is 1. The van der Waals surface area contributed by atoms with Crippen molar-refractivity contribution in [3.8, 4) is 0 Å². The lowest BCUT2D eigenvalue weighted by atomic mass is 9.59. The van der Waals surface area contributed by atoms with E-state index in [1.807, 2.05) is 7.05 Å². The zero-order valence-corrected chi connectivity index (χ0v) is 27.2. The van der Waals surface area contributed by atoms with Crippen molar-refractivity contribution < 1.29 is 24.3 Å². The number of carbonyl (C=O) groups excluding carboxylic acids is 4. The Labute approximate surface area is 264 Å². The molecule has 6 fully saturated rings. The Balaban J connectivity index is 1.19. The van der Waals surface area contributed by atoms with Gasteiger partial charge in [0.1, 0.15) is 23.3 Å². The molecular formula is C33H49BrN4O5. The number of nitrogens with one attached hydrogen (secondary N) is 2. The van der Waals surface area contributed by atoms with E-state index in [0.717, 1.165) is 51.4 Å². The molecule has 0 spiro atoms. The first-order valence-corrected chi connectivity index (χ1v) is 17.7. The number of likely N-dealkylation sites (tertiary alicyclic amines) is 1. The molecule has 0 aromatic rings. The summed E-state index contributed by atoms with van der Waals surface area (Å²) in [5.41, 5.74) is 0.116. The number of halogens is 1. The second kappa shape index (κ2) is 12.8. The molecule has 238 valence electrons. The van der Waals surface area contributed by atoms with Gasteiger partial charge in [-0.15, -0.1) is 0 Å². The Morgan fingerprint density at radius 2 is 1.84 bits per heavy atom. The van der Waals surface area contributed by atoms with Gasteiger partial charge in [-0.3, -0.25) is 19.2 Å². The molecule has 5 saturated carbocycles. The maximum absolute atomic E-state index is 14.1. The smallest absolute Gasteiger partial charge is 0.245 e. The van der Waals surface area contributed by atoms with Crippen LogP contribution in [-0.4, -0.2) is 87.6 Å². The number of Topliss-reactive ketones (excluding diaryl/α,β-unsaturated/α-hetero) is 1. The lowest BCUT2D eigenvalue weighted by Gasteiger charge is -2.46. The lowest BCUT2D eigenvalue weighted by Crippen LogP contribution is -2.58. The Morgan fingerprint density at radius 3 is 2.58 bits per heavy atom. The van der Waals surface area contributed by atoms with Crippen LogP contribution in [0.3, 0.4) is 0 Å². The Kier molecular flexibility index (Phi) is 9.26. The SMILES string of the molecule is CN(CC1CCCCC1Br)C(=O)C(CC1=CNC2CCCCC12)NC(=O)C1C[C@@H](O)CN1C(=O)C12CCC(CC1)CC2=O. The largest absolute Gasteiger partial charge is 0.391 e. The summed E-state index contributed by atoms with van der Waals surface area (Å²) < 4.78 is 0. The maximum Gasteiger partial charge on any atom is 0.245 e. The van der Waals surface area contributed by atoms with Crippen molar-refractivity contribution in [2.45, 2.75) is 125 Å². The van der Waals surface area contributed by atoms with E-state index < -0.39 is 29.5 Å². The van der Waals surface area contributed by atoms with Crippen LogP contribution in [-0.2, 0) is 19.2 Å². The predicted molar refractivity (Wildman–Crippen MR) is 166 cm³/mol. The van der Waals surface area contributed by atoms with Gasteiger partial charge in [-0.1, -0.05) is 41.6 Å². The van der Waals surface area contributed by atoms with Crippen LogP contribution in [0.5, 0.6) is 0 Å². The van der Waals surface area contributed by atoms with Gasteiger partial charge >= 0.3 is 0 Å². The number of rotatable bonds is 8. The molecule has 0 aromatic carbocycles. The van der Waals surface area contributed by atoms with Crippen molar-refractivity contribution in [3.05, 3.63) is 11.8 Å². The van der Waals surface area contributed by atoms with Gasteiger partial charge in [-0.2, -0.15) is 0 Å². The van der Waals surface area contributed by atoms with Crippen LogP contribution in [0.15, 0.2) is 11.8 Å². The number of alkyl halides is 1. The van der Waals surface area contributed by atoms with Crippen molar-refractivity contribution in [1.29, 1.82) is 0 Å². The summed E-state index contributed by atoms with van der Waals surface area (Å²) in [6, 6.07) is -1.26. The zero-order chi connectivity index (χ0) is 30.3. The molecule has 3 N–H and O–H groups in total. The number of hydrogen-bond acceptors (Lipinski definition) is 6. The topological polar surface area (TPSA) is 119 Å². The van der Waals surface area contributed by atoms with E-state index in [0.29, 0.717) is 60.9 Å². The fourth-order valence-electron chi connectivity index (χ4n) is 9.09. The number of fused-ring (bicyclic) bond motifs is 4. The van der Waals surface area contributed by atoms with Crippen LogP contribution in [0.4, 0.5) is 0 Å². The summed E-state index contributed by atoms with van der Waals surface area (Å²) in [6.45, 7) is 0.671. The number of aliphatic hydroxyl groups is 1. The molecule has 2 aliphatic heterocycles. The van der Waals surface area contributed by atoms with Gasteiger partial charge in [-0.05, 0) is 81.4 Å². The molecule has 9 nitrogen and oxygen atoms in total. The number of nitrogens with zero attached hydrogens (tertiary/aromatic N) is 2. The van der Waals surface area contributed by atoms with E-state index in [-0.39, 0.29) is 30.6 Å². The minimum Gasteiger partial charge on any atom is -0.391 e. The number of ketones is 1. The maximum atomic E-state index is 14.1. The average Bonchev–Trinajstić information content (AvgIpc) is 3.61. The van der Waals surface area contributed by atoms with E-state index in [4.69, 9.17) is 0 Å². The van der Waals surface area contributed by atoms with Crippen LogP contribution in [0.1, 0.15) is 96.3 Å².